The molecule has 0 aromatic heterocycles. The van der Waals surface area contributed by atoms with E-state index in [1.54, 1.807) is 0 Å². The molecule has 0 bridgehead atoms. The number of carbonyl (C=O) groups is 1. The molecule has 3 nitrogen and oxygen atoms in total. The van der Waals surface area contributed by atoms with Crippen LogP contribution in [0.2, 0.25) is 0 Å². The van der Waals surface area contributed by atoms with Crippen molar-refractivity contribution in [3.05, 3.63) is 65.2 Å². The SMILES string of the molecule is Nc1ccc2c(c1)C([13c]1[13cH][13cH][13cH][13cH][13cH]1)=NCC(=O)C2. The first-order chi connectivity index (χ1) is 9.24. The maximum absolute atomic E-state index is 11.8. The molecule has 2 N–H and O–H groups in total. The fraction of sp³-hybridized carbons (Fsp3) is 0.125. The van der Waals surface area contributed by atoms with Gasteiger partial charge in [0.05, 0.1) is 12.3 Å². The predicted octanol–water partition coefficient (Wildman–Crippen LogP) is 2.23. The second kappa shape index (κ2) is 4.69. The van der Waals surface area contributed by atoms with E-state index in [-0.39, 0.29) is 12.3 Å². The Morgan fingerprint density at radius 3 is 2.63 bits per heavy atom. The van der Waals surface area contributed by atoms with E-state index in [0.29, 0.717) is 12.1 Å². The summed E-state index contributed by atoms with van der Waals surface area (Å²) < 4.78 is 0. The number of fused-ring (bicyclic) bond motifs is 1. The van der Waals surface area contributed by atoms with Crippen LogP contribution in [-0.2, 0) is 11.2 Å². The summed E-state index contributed by atoms with van der Waals surface area (Å²) in [4.78, 5) is 16.2. The van der Waals surface area contributed by atoms with Gasteiger partial charge in [-0.15, -0.1) is 0 Å². The van der Waals surface area contributed by atoms with E-state index in [1.165, 1.54) is 0 Å². The number of benzene rings is 2. The molecular formula is C16H14N2O. The Hall–Kier alpha value is -2.42. The van der Waals surface area contributed by atoms with Crippen LogP contribution in [0.5, 0.6) is 0 Å². The quantitative estimate of drug-likeness (QED) is 0.795. The van der Waals surface area contributed by atoms with Crippen LogP contribution in [0, 0.1) is 0 Å². The summed E-state index contributed by atoms with van der Waals surface area (Å²) in [6.07, 6.45) is 0.426. The molecule has 0 amide bonds. The van der Waals surface area contributed by atoms with Gasteiger partial charge in [0.1, 0.15) is 0 Å². The molecule has 0 saturated heterocycles. The van der Waals surface area contributed by atoms with Crippen molar-refractivity contribution in [2.24, 2.45) is 4.99 Å². The first kappa shape index (κ1) is 11.7. The minimum absolute atomic E-state index is 0.136. The zero-order valence-electron chi connectivity index (χ0n) is 10.5. The summed E-state index contributed by atoms with van der Waals surface area (Å²) in [5.41, 5.74) is 10.4. The van der Waals surface area contributed by atoms with E-state index in [0.717, 1.165) is 22.4 Å². The van der Waals surface area contributed by atoms with Crippen LogP contribution in [0.3, 0.4) is 0 Å². The van der Waals surface area contributed by atoms with Gasteiger partial charge >= 0.3 is 0 Å². The number of hydrogen-bond acceptors (Lipinski definition) is 3. The Morgan fingerprint density at radius 2 is 1.84 bits per heavy atom. The van der Waals surface area contributed by atoms with Gasteiger partial charge in [0.2, 0.25) is 0 Å². The van der Waals surface area contributed by atoms with Crippen molar-refractivity contribution in [1.82, 2.24) is 0 Å². The number of anilines is 1. The Balaban J connectivity index is 2.20. The van der Waals surface area contributed by atoms with Crippen molar-refractivity contribution in [2.45, 2.75) is 6.42 Å². The van der Waals surface area contributed by atoms with Crippen molar-refractivity contribution < 1.29 is 4.79 Å². The van der Waals surface area contributed by atoms with Crippen LogP contribution in [0.1, 0.15) is 16.7 Å². The van der Waals surface area contributed by atoms with Crippen molar-refractivity contribution in [3.63, 3.8) is 0 Å². The molecule has 0 aliphatic carbocycles. The third kappa shape index (κ3) is 2.27. The molecule has 0 atom stereocenters. The number of ketones is 1. The van der Waals surface area contributed by atoms with E-state index in [9.17, 15) is 4.79 Å². The molecule has 2 aromatic rings. The lowest BCUT2D eigenvalue weighted by molar-refractivity contribution is -0.117. The second-order valence-electron chi connectivity index (χ2n) is 4.66. The molecule has 1 heterocycles. The summed E-state index contributed by atoms with van der Waals surface area (Å²) in [6.45, 7) is 0.235. The lowest BCUT2D eigenvalue weighted by Crippen LogP contribution is -2.06. The molecule has 19 heavy (non-hydrogen) atoms. The number of nitrogen functional groups attached to an aromatic ring is 1. The molecule has 1 aliphatic heterocycles. The third-order valence-electron chi connectivity index (χ3n) is 3.24. The Labute approximate surface area is 111 Å². The first-order valence-corrected chi connectivity index (χ1v) is 6.24. The molecule has 0 saturated carbocycles. The summed E-state index contributed by atoms with van der Waals surface area (Å²) in [5, 5.41) is 0. The molecule has 0 fully saturated rings. The highest BCUT2D eigenvalue weighted by Gasteiger charge is 2.18. The molecule has 2 aromatic carbocycles. The fourth-order valence-corrected chi connectivity index (χ4v) is 2.33. The van der Waals surface area contributed by atoms with E-state index in [4.69, 9.17) is 5.73 Å². The zero-order chi connectivity index (χ0) is 13.2. The van der Waals surface area contributed by atoms with Gasteiger partial charge in [0, 0.05) is 23.2 Å². The Kier molecular flexibility index (Phi) is 2.88. The van der Waals surface area contributed by atoms with Crippen molar-refractivity contribution in [3.8, 4) is 0 Å². The third-order valence-corrected chi connectivity index (χ3v) is 3.24. The average Bonchev–Trinajstić information content (AvgIpc) is 2.58. The van der Waals surface area contributed by atoms with Crippen LogP contribution < -0.4 is 5.73 Å². The molecule has 3 heteroatoms. The van der Waals surface area contributed by atoms with Crippen LogP contribution >= 0.6 is 0 Å². The van der Waals surface area contributed by atoms with Crippen LogP contribution in [-0.4, -0.2) is 18.0 Å². The average molecular weight is 256 g/mol. The van der Waals surface area contributed by atoms with Crippen molar-refractivity contribution in [2.75, 3.05) is 12.3 Å². The molecule has 3 rings (SSSR count). The number of rotatable bonds is 1. The molecule has 1 aliphatic rings. The lowest BCUT2D eigenvalue weighted by Gasteiger charge is -2.10. The first-order valence-electron chi connectivity index (χ1n) is 6.24. The van der Waals surface area contributed by atoms with Crippen molar-refractivity contribution >= 4 is 17.2 Å². The van der Waals surface area contributed by atoms with Gasteiger partial charge in [-0.2, -0.15) is 0 Å². The van der Waals surface area contributed by atoms with Crippen LogP contribution in [0.25, 0.3) is 0 Å². The number of carbonyl (C=O) groups excluding carboxylic acids is 1. The number of aliphatic imine (C=N–C) groups is 1. The Bertz CT molecular complexity index is 660. The fourth-order valence-electron chi connectivity index (χ4n) is 2.33. The van der Waals surface area contributed by atoms with Crippen molar-refractivity contribution in [1.29, 1.82) is 0 Å². The van der Waals surface area contributed by atoms with E-state index in [2.05, 4.69) is 4.99 Å². The molecule has 0 spiro atoms. The number of nitrogens with zero attached hydrogens (tertiary/aromatic N) is 1. The zero-order valence-corrected chi connectivity index (χ0v) is 10.5. The highest BCUT2D eigenvalue weighted by Crippen LogP contribution is 2.21. The largest absolute Gasteiger partial charge is 0.399 e. The normalized spacial score (nSPS) is 14.5. The van der Waals surface area contributed by atoms with Crippen LogP contribution in [0.15, 0.2) is 53.5 Å². The molecular weight excluding hydrogens is 242 g/mol. The topological polar surface area (TPSA) is 55.4 Å². The standard InChI is InChI=1S/C16H14N2O/c17-13-7-6-12-8-14(19)10-18-16(15(12)9-13)11-4-2-1-3-5-11/h1-7,9H,8,10,17H2/i1+1,2+1,3+1,4+1,5+1,11+1. The van der Waals surface area contributed by atoms with E-state index in [1.807, 2.05) is 48.5 Å². The molecule has 94 valence electrons. The molecule has 0 unspecified atom stereocenters. The Morgan fingerprint density at radius 1 is 1.05 bits per heavy atom. The maximum Gasteiger partial charge on any atom is 0.158 e. The monoisotopic (exact) mass is 256 g/mol. The second-order valence-corrected chi connectivity index (χ2v) is 4.66. The minimum Gasteiger partial charge on any atom is -0.399 e. The van der Waals surface area contributed by atoms with Gasteiger partial charge in [-0.05, 0) is 17.7 Å². The number of nitrogens with two attached hydrogens (primary N) is 1. The summed E-state index contributed by atoms with van der Waals surface area (Å²) in [6, 6.07) is 15.6. The number of Topliss-reactive ketones (excluding diaryl/α,β-unsaturated/α-hetero) is 1. The van der Waals surface area contributed by atoms with E-state index < -0.39 is 0 Å². The van der Waals surface area contributed by atoms with Gasteiger partial charge in [-0.1, -0.05) is 36.4 Å². The maximum atomic E-state index is 11.8. The van der Waals surface area contributed by atoms with E-state index >= 15 is 0 Å². The predicted molar refractivity (Wildman–Crippen MR) is 76.5 cm³/mol. The summed E-state index contributed by atoms with van der Waals surface area (Å²) in [5.74, 6) is 0.136. The smallest absolute Gasteiger partial charge is 0.158 e. The highest BCUT2D eigenvalue weighted by molar-refractivity contribution is 6.16. The summed E-state index contributed by atoms with van der Waals surface area (Å²) >= 11 is 0. The van der Waals surface area contributed by atoms with Gasteiger partial charge in [-0.3, -0.25) is 9.79 Å². The van der Waals surface area contributed by atoms with Crippen LogP contribution in [0.4, 0.5) is 5.69 Å². The van der Waals surface area contributed by atoms with Gasteiger partial charge < -0.3 is 5.73 Å². The van der Waals surface area contributed by atoms with Gasteiger partial charge in [0.15, 0.2) is 5.78 Å². The van der Waals surface area contributed by atoms with Gasteiger partial charge in [0.25, 0.3) is 0 Å². The molecule has 0 radical (unpaired) electrons. The number of hydrogen-bond donors (Lipinski definition) is 1. The van der Waals surface area contributed by atoms with Gasteiger partial charge in [-0.25, -0.2) is 0 Å². The lowest BCUT2D eigenvalue weighted by atomic mass is 10.0. The highest BCUT2D eigenvalue weighted by atomic mass is 16.1. The summed E-state index contributed by atoms with van der Waals surface area (Å²) in [7, 11) is 0. The minimum atomic E-state index is 0.136.